The fraction of sp³-hybridized carbons (Fsp3) is 0.348. The molecule has 4 rings (SSSR count). The van der Waals surface area contributed by atoms with Crippen molar-refractivity contribution in [3.63, 3.8) is 0 Å². The lowest BCUT2D eigenvalue weighted by Gasteiger charge is -2.44. The Balaban J connectivity index is 1.48. The van der Waals surface area contributed by atoms with Gasteiger partial charge in [-0.15, -0.1) is 0 Å². The number of nitro benzene ring substituents is 1. The van der Waals surface area contributed by atoms with Gasteiger partial charge in [0.15, 0.2) is 0 Å². The number of piperidine rings is 1. The van der Waals surface area contributed by atoms with Crippen LogP contribution in [0.2, 0.25) is 0 Å². The number of aryl methyl sites for hydroxylation is 1. The van der Waals surface area contributed by atoms with Crippen molar-refractivity contribution in [2.75, 3.05) is 19.6 Å². The van der Waals surface area contributed by atoms with Crippen molar-refractivity contribution in [3.05, 3.63) is 74.8 Å². The van der Waals surface area contributed by atoms with E-state index < -0.39 is 10.6 Å². The Morgan fingerprint density at radius 3 is 2.69 bits per heavy atom. The van der Waals surface area contributed by atoms with Gasteiger partial charge in [-0.25, -0.2) is 0 Å². The molecular formula is C23H23N5O4. The number of carbonyl (C=O) groups is 2. The van der Waals surface area contributed by atoms with E-state index in [0.717, 1.165) is 5.56 Å². The number of rotatable bonds is 4. The quantitative estimate of drug-likeness (QED) is 0.584. The van der Waals surface area contributed by atoms with Crippen molar-refractivity contribution in [3.8, 4) is 6.07 Å². The first-order chi connectivity index (χ1) is 15.3. The summed E-state index contributed by atoms with van der Waals surface area (Å²) in [7, 11) is 0. The molecule has 2 aromatic carbocycles. The average Bonchev–Trinajstić information content (AvgIpc) is 3.09. The van der Waals surface area contributed by atoms with Gasteiger partial charge in [-0.3, -0.25) is 25.0 Å². The minimum Gasteiger partial charge on any atom is -0.338 e. The number of nitrogens with one attached hydrogen (secondary N) is 1. The van der Waals surface area contributed by atoms with E-state index in [4.69, 9.17) is 5.26 Å². The second-order valence-corrected chi connectivity index (χ2v) is 8.23. The summed E-state index contributed by atoms with van der Waals surface area (Å²) in [6.45, 7) is 3.11. The Hall–Kier alpha value is -3.77. The number of carbonyl (C=O) groups excluding carboxylic acids is 2. The molecule has 2 fully saturated rings. The van der Waals surface area contributed by atoms with Crippen LogP contribution in [0.4, 0.5) is 5.69 Å². The summed E-state index contributed by atoms with van der Waals surface area (Å²) >= 11 is 0. The molecule has 2 saturated heterocycles. The standard InChI is InChI=1S/C23H23N5O4/c1-16-5-6-19(12-20(16)28(31)32)22(30)26-9-7-23(8-10-26)25-14-21(29)27(23)15-18-4-2-3-17(11-18)13-24/h2-6,11-12,25H,7-10,14-15H2,1H3. The summed E-state index contributed by atoms with van der Waals surface area (Å²) in [4.78, 5) is 39.8. The lowest BCUT2D eigenvalue weighted by molar-refractivity contribution is -0.385. The number of likely N-dealkylation sites (tertiary alicyclic amines) is 1. The third-order valence-electron chi connectivity index (χ3n) is 6.31. The lowest BCUT2D eigenvalue weighted by atomic mass is 9.94. The average molecular weight is 433 g/mol. The molecule has 9 nitrogen and oxygen atoms in total. The third kappa shape index (κ3) is 3.92. The van der Waals surface area contributed by atoms with Gasteiger partial charge < -0.3 is 9.80 Å². The topological polar surface area (TPSA) is 120 Å². The van der Waals surface area contributed by atoms with Crippen molar-refractivity contribution in [2.24, 2.45) is 0 Å². The van der Waals surface area contributed by atoms with E-state index in [2.05, 4.69) is 11.4 Å². The Kier molecular flexibility index (Phi) is 5.63. The largest absolute Gasteiger partial charge is 0.338 e. The molecule has 9 heteroatoms. The molecule has 2 amide bonds. The van der Waals surface area contributed by atoms with Crippen molar-refractivity contribution in [1.29, 1.82) is 5.26 Å². The van der Waals surface area contributed by atoms with Crippen LogP contribution in [-0.2, 0) is 11.3 Å². The number of benzene rings is 2. The fourth-order valence-corrected chi connectivity index (χ4v) is 4.48. The van der Waals surface area contributed by atoms with Crippen LogP contribution in [0, 0.1) is 28.4 Å². The van der Waals surface area contributed by atoms with Crippen LogP contribution in [0.15, 0.2) is 42.5 Å². The van der Waals surface area contributed by atoms with Gasteiger partial charge in [-0.1, -0.05) is 18.2 Å². The molecule has 0 unspecified atom stereocenters. The van der Waals surface area contributed by atoms with E-state index in [-0.39, 0.29) is 24.0 Å². The van der Waals surface area contributed by atoms with Crippen LogP contribution in [0.1, 0.15) is 39.9 Å². The zero-order valence-corrected chi connectivity index (χ0v) is 17.7. The maximum Gasteiger partial charge on any atom is 0.273 e. The summed E-state index contributed by atoms with van der Waals surface area (Å²) in [5.74, 6) is -0.262. The highest BCUT2D eigenvalue weighted by Crippen LogP contribution is 2.32. The highest BCUT2D eigenvalue weighted by molar-refractivity contribution is 5.95. The molecule has 2 aromatic rings. The van der Waals surface area contributed by atoms with Gasteiger partial charge >= 0.3 is 0 Å². The minimum absolute atomic E-state index is 0.0127. The Morgan fingerprint density at radius 1 is 1.25 bits per heavy atom. The van der Waals surface area contributed by atoms with Crippen LogP contribution in [0.3, 0.4) is 0 Å². The highest BCUT2D eigenvalue weighted by atomic mass is 16.6. The van der Waals surface area contributed by atoms with Gasteiger partial charge in [0.2, 0.25) is 5.91 Å². The first-order valence-electron chi connectivity index (χ1n) is 10.4. The van der Waals surface area contributed by atoms with Gasteiger partial charge in [0.05, 0.1) is 28.8 Å². The van der Waals surface area contributed by atoms with Gasteiger partial charge in [0.1, 0.15) is 0 Å². The monoisotopic (exact) mass is 433 g/mol. The maximum atomic E-state index is 13.0. The van der Waals surface area contributed by atoms with Gasteiger partial charge in [-0.05, 0) is 30.7 Å². The van der Waals surface area contributed by atoms with Gasteiger partial charge in [-0.2, -0.15) is 5.26 Å². The summed E-state index contributed by atoms with van der Waals surface area (Å²) in [5, 5.41) is 23.7. The summed E-state index contributed by atoms with van der Waals surface area (Å²) in [6.07, 6.45) is 1.10. The zero-order valence-electron chi connectivity index (χ0n) is 17.7. The van der Waals surface area contributed by atoms with Crippen molar-refractivity contribution in [2.45, 2.75) is 32.0 Å². The predicted octanol–water partition coefficient (Wildman–Crippen LogP) is 2.34. The summed E-state index contributed by atoms with van der Waals surface area (Å²) in [5.41, 5.74) is 1.61. The molecule has 0 radical (unpaired) electrons. The molecule has 0 bridgehead atoms. The van der Waals surface area contributed by atoms with E-state index in [1.807, 2.05) is 11.0 Å². The molecule has 1 N–H and O–H groups in total. The number of nitriles is 1. The summed E-state index contributed by atoms with van der Waals surface area (Å²) in [6, 6.07) is 13.8. The molecule has 2 heterocycles. The smallest absolute Gasteiger partial charge is 0.273 e. The second kappa shape index (κ2) is 8.40. The first kappa shape index (κ1) is 21.5. The maximum absolute atomic E-state index is 13.0. The number of hydrogen-bond donors (Lipinski definition) is 1. The predicted molar refractivity (Wildman–Crippen MR) is 115 cm³/mol. The van der Waals surface area contributed by atoms with E-state index in [9.17, 15) is 19.7 Å². The Bertz CT molecular complexity index is 1130. The first-order valence-corrected chi connectivity index (χ1v) is 10.4. The normalized spacial score (nSPS) is 17.4. The molecule has 32 heavy (non-hydrogen) atoms. The van der Waals surface area contributed by atoms with Crippen LogP contribution in [0.25, 0.3) is 0 Å². The highest BCUT2D eigenvalue weighted by Gasteiger charge is 2.47. The third-order valence-corrected chi connectivity index (χ3v) is 6.31. The summed E-state index contributed by atoms with van der Waals surface area (Å²) < 4.78 is 0. The SMILES string of the molecule is Cc1ccc(C(=O)N2CCC3(CC2)NCC(=O)N3Cc2cccc(C#N)c2)cc1[N+](=O)[O-]. The van der Waals surface area contributed by atoms with Crippen molar-refractivity contribution < 1.29 is 14.5 Å². The molecule has 0 atom stereocenters. The molecular weight excluding hydrogens is 410 g/mol. The molecule has 0 aromatic heterocycles. The molecule has 0 aliphatic carbocycles. The second-order valence-electron chi connectivity index (χ2n) is 8.23. The molecule has 2 aliphatic rings. The molecule has 0 saturated carbocycles. The number of nitrogens with zero attached hydrogens (tertiary/aromatic N) is 4. The number of amides is 2. The van der Waals surface area contributed by atoms with Crippen molar-refractivity contribution >= 4 is 17.5 Å². The lowest BCUT2D eigenvalue weighted by Crippen LogP contribution is -2.59. The molecule has 1 spiro atoms. The van der Waals surface area contributed by atoms with E-state index >= 15 is 0 Å². The minimum atomic E-state index is -0.546. The van der Waals surface area contributed by atoms with Crippen LogP contribution < -0.4 is 5.32 Å². The molecule has 164 valence electrons. The van der Waals surface area contributed by atoms with Gasteiger partial charge in [0, 0.05) is 49.7 Å². The Labute approximate surface area is 185 Å². The van der Waals surface area contributed by atoms with E-state index in [1.54, 1.807) is 42.2 Å². The van der Waals surface area contributed by atoms with Gasteiger partial charge in [0.25, 0.3) is 11.6 Å². The zero-order chi connectivity index (χ0) is 22.9. The Morgan fingerprint density at radius 2 is 2.00 bits per heavy atom. The van der Waals surface area contributed by atoms with Crippen LogP contribution in [-0.4, -0.2) is 51.8 Å². The number of hydrogen-bond acceptors (Lipinski definition) is 6. The van der Waals surface area contributed by atoms with E-state index in [1.165, 1.54) is 6.07 Å². The van der Waals surface area contributed by atoms with Crippen LogP contribution >= 0.6 is 0 Å². The van der Waals surface area contributed by atoms with Crippen molar-refractivity contribution in [1.82, 2.24) is 15.1 Å². The number of nitro groups is 1. The van der Waals surface area contributed by atoms with E-state index in [0.29, 0.717) is 49.2 Å². The fourth-order valence-electron chi connectivity index (χ4n) is 4.48. The molecule has 2 aliphatic heterocycles. The van der Waals surface area contributed by atoms with Crippen LogP contribution in [0.5, 0.6) is 0 Å².